The lowest BCUT2D eigenvalue weighted by Gasteiger charge is -2.09. The van der Waals surface area contributed by atoms with E-state index in [1.165, 1.54) is 17.4 Å². The highest BCUT2D eigenvalue weighted by molar-refractivity contribution is 8.93. The molecule has 0 unspecified atom stereocenters. The Morgan fingerprint density at radius 2 is 1.75 bits per heavy atom. The van der Waals surface area contributed by atoms with Crippen molar-refractivity contribution in [3.8, 4) is 16.9 Å². The monoisotopic (exact) mass is 528 g/mol. The summed E-state index contributed by atoms with van der Waals surface area (Å²) >= 11 is 7.38. The smallest absolute Gasteiger partial charge is 0.270 e. The number of hydrogen-bond donors (Lipinski definition) is 0. The Morgan fingerprint density at radius 1 is 1.03 bits per heavy atom. The molecule has 0 aliphatic rings. The van der Waals surface area contributed by atoms with Crippen LogP contribution < -0.4 is 4.80 Å². The molecule has 0 radical (unpaired) electrons. The molecule has 0 spiro atoms. The van der Waals surface area contributed by atoms with E-state index in [1.807, 2.05) is 77.5 Å². The summed E-state index contributed by atoms with van der Waals surface area (Å²) in [6.45, 7) is 1.88. The van der Waals surface area contributed by atoms with Crippen LogP contribution >= 0.6 is 39.9 Å². The summed E-state index contributed by atoms with van der Waals surface area (Å²) < 4.78 is 1.95. The van der Waals surface area contributed by atoms with E-state index in [2.05, 4.69) is 10.2 Å². The lowest BCUT2D eigenvalue weighted by atomic mass is 10.1. The zero-order chi connectivity index (χ0) is 21.8. The third-order valence-corrected chi connectivity index (χ3v) is 5.69. The van der Waals surface area contributed by atoms with Crippen molar-refractivity contribution in [2.75, 3.05) is 0 Å². The molecule has 0 fully saturated rings. The molecule has 0 N–H and O–H groups in total. The minimum absolute atomic E-state index is 0. The van der Waals surface area contributed by atoms with E-state index in [0.717, 1.165) is 28.2 Å². The fourth-order valence-corrected chi connectivity index (χ4v) is 4.04. The number of non-ortho nitro benzene ring substituents is 1. The van der Waals surface area contributed by atoms with Crippen molar-refractivity contribution in [1.82, 2.24) is 4.57 Å². The molecule has 32 heavy (non-hydrogen) atoms. The minimum Gasteiger partial charge on any atom is -0.284 e. The summed E-state index contributed by atoms with van der Waals surface area (Å²) in [7, 11) is 0. The number of nitro benzene ring substituents is 1. The maximum absolute atomic E-state index is 11.2. The number of halogens is 2. The number of thiazole rings is 1. The first-order valence-corrected chi connectivity index (χ1v) is 10.6. The average Bonchev–Trinajstić information content (AvgIpc) is 3.22. The van der Waals surface area contributed by atoms with E-state index in [4.69, 9.17) is 11.6 Å². The van der Waals surface area contributed by atoms with Crippen molar-refractivity contribution in [3.63, 3.8) is 0 Å². The predicted octanol–water partition coefficient (Wildman–Crippen LogP) is 6.67. The lowest BCUT2D eigenvalue weighted by Crippen LogP contribution is -2.13. The average molecular weight is 530 g/mol. The Bertz CT molecular complexity index is 1330. The molecule has 1 aromatic heterocycles. The molecule has 4 rings (SSSR count). The van der Waals surface area contributed by atoms with Crippen LogP contribution in [0.1, 0.15) is 12.5 Å². The van der Waals surface area contributed by atoms with Crippen LogP contribution in [-0.4, -0.2) is 15.2 Å². The minimum atomic E-state index is -0.395. The second-order valence-corrected chi connectivity index (χ2v) is 7.95. The molecule has 3 aromatic carbocycles. The van der Waals surface area contributed by atoms with E-state index in [9.17, 15) is 10.1 Å². The van der Waals surface area contributed by atoms with Gasteiger partial charge in [0.25, 0.3) is 5.69 Å². The summed E-state index contributed by atoms with van der Waals surface area (Å²) in [5.74, 6) is 0. The number of aromatic nitrogens is 1. The summed E-state index contributed by atoms with van der Waals surface area (Å²) in [6, 6.07) is 23.7. The van der Waals surface area contributed by atoms with Crippen LogP contribution in [0, 0.1) is 10.1 Å². The van der Waals surface area contributed by atoms with Crippen LogP contribution in [0.3, 0.4) is 0 Å². The van der Waals surface area contributed by atoms with Crippen LogP contribution in [0.2, 0.25) is 5.02 Å². The van der Waals surface area contributed by atoms with Gasteiger partial charge in [0.2, 0.25) is 4.80 Å². The van der Waals surface area contributed by atoms with Crippen LogP contribution in [0.4, 0.5) is 5.69 Å². The molecule has 6 nitrogen and oxygen atoms in total. The van der Waals surface area contributed by atoms with Gasteiger partial charge in [-0.3, -0.25) is 14.7 Å². The second kappa shape index (κ2) is 10.5. The Balaban J connectivity index is 0.00000289. The van der Waals surface area contributed by atoms with Gasteiger partial charge in [-0.25, -0.2) is 0 Å². The van der Waals surface area contributed by atoms with Crippen LogP contribution in [0.5, 0.6) is 0 Å². The summed E-state index contributed by atoms with van der Waals surface area (Å²) in [5.41, 5.74) is 4.14. The summed E-state index contributed by atoms with van der Waals surface area (Å²) in [5, 5.41) is 22.7. The number of hydrogen-bond acceptors (Lipinski definition) is 5. The lowest BCUT2D eigenvalue weighted by molar-refractivity contribution is -0.384. The Hall–Kier alpha value is -3.07. The van der Waals surface area contributed by atoms with Crippen LogP contribution in [0.25, 0.3) is 16.9 Å². The van der Waals surface area contributed by atoms with Gasteiger partial charge in [0.15, 0.2) is 0 Å². The van der Waals surface area contributed by atoms with E-state index in [1.54, 1.807) is 12.1 Å². The number of nitro groups is 1. The first-order chi connectivity index (χ1) is 15.0. The largest absolute Gasteiger partial charge is 0.284 e. The number of rotatable bonds is 5. The van der Waals surface area contributed by atoms with Gasteiger partial charge in [-0.05, 0) is 36.8 Å². The number of para-hydroxylation sites is 1. The highest BCUT2D eigenvalue weighted by Crippen LogP contribution is 2.26. The Morgan fingerprint density at radius 3 is 2.44 bits per heavy atom. The molecule has 0 aliphatic carbocycles. The van der Waals surface area contributed by atoms with Crippen molar-refractivity contribution in [2.24, 2.45) is 10.2 Å². The van der Waals surface area contributed by atoms with E-state index < -0.39 is 4.92 Å². The van der Waals surface area contributed by atoms with Gasteiger partial charge >= 0.3 is 0 Å². The van der Waals surface area contributed by atoms with E-state index in [-0.39, 0.29) is 22.7 Å². The summed E-state index contributed by atoms with van der Waals surface area (Å²) in [6.07, 6.45) is 0. The van der Waals surface area contributed by atoms with Crippen molar-refractivity contribution in [2.45, 2.75) is 6.92 Å². The Kier molecular flexibility index (Phi) is 7.74. The Labute approximate surface area is 204 Å². The van der Waals surface area contributed by atoms with Gasteiger partial charge in [-0.2, -0.15) is 5.10 Å². The van der Waals surface area contributed by atoms with Gasteiger partial charge < -0.3 is 0 Å². The third-order valence-electron chi connectivity index (χ3n) is 4.62. The molecule has 0 atom stereocenters. The van der Waals surface area contributed by atoms with Crippen molar-refractivity contribution in [1.29, 1.82) is 0 Å². The fraction of sp³-hybridized carbons (Fsp3) is 0.0435. The van der Waals surface area contributed by atoms with Gasteiger partial charge in [0.1, 0.15) is 0 Å². The molecule has 162 valence electrons. The summed E-state index contributed by atoms with van der Waals surface area (Å²) in [4.78, 5) is 11.5. The van der Waals surface area contributed by atoms with E-state index in [0.29, 0.717) is 9.82 Å². The molecule has 0 aliphatic heterocycles. The molecular formula is C23H18BrClN4O2S. The third kappa shape index (κ3) is 5.21. The maximum Gasteiger partial charge on any atom is 0.270 e. The van der Waals surface area contributed by atoms with Gasteiger partial charge in [-0.15, -0.1) is 33.4 Å². The maximum atomic E-state index is 11.2. The number of benzene rings is 3. The first-order valence-electron chi connectivity index (χ1n) is 9.38. The molecule has 1 heterocycles. The van der Waals surface area contributed by atoms with Crippen LogP contribution in [0.15, 0.2) is 94.4 Å². The topological polar surface area (TPSA) is 72.8 Å². The predicted molar refractivity (Wildman–Crippen MR) is 135 cm³/mol. The SMILES string of the molecule is Br.C/C(=N\N=c1\scc(-c2cccc([N+](=O)[O-])c2)n1-c1ccccc1)c1ccc(Cl)cc1. The number of nitrogens with zero attached hydrogens (tertiary/aromatic N) is 4. The van der Waals surface area contributed by atoms with Gasteiger partial charge in [-0.1, -0.05) is 54.1 Å². The second-order valence-electron chi connectivity index (χ2n) is 6.67. The van der Waals surface area contributed by atoms with Crippen LogP contribution in [-0.2, 0) is 0 Å². The highest BCUT2D eigenvalue weighted by Gasteiger charge is 2.13. The van der Waals surface area contributed by atoms with Crippen molar-refractivity contribution < 1.29 is 4.92 Å². The zero-order valence-electron chi connectivity index (χ0n) is 16.9. The quantitative estimate of drug-likeness (QED) is 0.164. The first kappa shape index (κ1) is 23.6. The normalized spacial score (nSPS) is 11.8. The molecule has 0 saturated heterocycles. The van der Waals surface area contributed by atoms with E-state index >= 15 is 0 Å². The van der Waals surface area contributed by atoms with Gasteiger partial charge in [0, 0.05) is 33.8 Å². The molecule has 9 heteroatoms. The molecule has 4 aromatic rings. The van der Waals surface area contributed by atoms with Crippen molar-refractivity contribution >= 4 is 51.3 Å². The molecule has 0 bridgehead atoms. The van der Waals surface area contributed by atoms with Gasteiger partial charge in [0.05, 0.1) is 16.3 Å². The highest BCUT2D eigenvalue weighted by atomic mass is 79.9. The van der Waals surface area contributed by atoms with Crippen molar-refractivity contribution in [3.05, 3.63) is 110 Å². The fourth-order valence-electron chi connectivity index (χ4n) is 3.05. The standard InChI is InChI=1S/C23H17ClN4O2S.BrH/c1-16(17-10-12-19(24)13-11-17)25-26-23-27(20-7-3-2-4-8-20)22(15-31-23)18-6-5-9-21(14-18)28(29)30;/h2-15H,1H3;1H/b25-16+,26-23+;. The molecular weight excluding hydrogens is 512 g/mol. The molecule has 0 saturated carbocycles. The molecule has 0 amide bonds. The zero-order valence-corrected chi connectivity index (χ0v) is 20.2.